The number of aryl methyl sites for hydroxylation is 1. The number of benzene rings is 2. The third-order valence-electron chi connectivity index (χ3n) is 5.04. The Kier molecular flexibility index (Phi) is 8.01. The molecule has 0 atom stereocenters. The Hall–Kier alpha value is -3.50. The first-order valence-corrected chi connectivity index (χ1v) is 9.65. The molecule has 0 aliphatic carbocycles. The van der Waals surface area contributed by atoms with Gasteiger partial charge in [0.05, 0.1) is 6.42 Å². The summed E-state index contributed by atoms with van der Waals surface area (Å²) in [5.41, 5.74) is -3.93. The van der Waals surface area contributed by atoms with Crippen molar-refractivity contribution in [2.24, 2.45) is 0 Å². The van der Waals surface area contributed by atoms with E-state index < -0.39 is 35.3 Å². The van der Waals surface area contributed by atoms with Crippen molar-refractivity contribution < 1.29 is 50.1 Å². The number of hydrogen-bond donors (Lipinski definition) is 0. The first-order chi connectivity index (χ1) is 15.7. The number of halogens is 6. The number of carbonyl (C=O) groups is 2. The van der Waals surface area contributed by atoms with Crippen LogP contribution < -0.4 is 9.47 Å². The number of rotatable bonds is 8. The van der Waals surface area contributed by atoms with Crippen molar-refractivity contribution in [2.45, 2.75) is 38.0 Å². The van der Waals surface area contributed by atoms with Crippen LogP contribution in [0.2, 0.25) is 0 Å². The van der Waals surface area contributed by atoms with Crippen LogP contribution in [0.1, 0.15) is 23.6 Å². The third kappa shape index (κ3) is 6.09. The van der Waals surface area contributed by atoms with Gasteiger partial charge in [-0.15, -0.1) is 0 Å². The maximum absolute atomic E-state index is 13.2. The summed E-state index contributed by atoms with van der Waals surface area (Å²) in [5, 5.41) is 0. The first kappa shape index (κ1) is 26.7. The summed E-state index contributed by atoms with van der Waals surface area (Å²) in [6.07, 6.45) is -10.4. The van der Waals surface area contributed by atoms with Gasteiger partial charge in [0.2, 0.25) is 6.79 Å². The Morgan fingerprint density at radius 3 is 2.00 bits per heavy atom. The van der Waals surface area contributed by atoms with Gasteiger partial charge in [-0.2, -0.15) is 26.3 Å². The van der Waals surface area contributed by atoms with Gasteiger partial charge in [0.25, 0.3) is 0 Å². The minimum Gasteiger partial charge on any atom is -0.457 e. The largest absolute Gasteiger partial charge is 0.457 e. The second-order valence-corrected chi connectivity index (χ2v) is 7.31. The van der Waals surface area contributed by atoms with Crippen molar-refractivity contribution in [3.8, 4) is 11.5 Å². The normalized spacial score (nSPS) is 12.1. The monoisotopic (exact) mass is 490 g/mol. The van der Waals surface area contributed by atoms with Gasteiger partial charge in [-0.1, -0.05) is 24.8 Å². The second-order valence-electron chi connectivity index (χ2n) is 7.31. The van der Waals surface area contributed by atoms with Crippen LogP contribution in [0.3, 0.4) is 0 Å². The van der Waals surface area contributed by atoms with Crippen LogP contribution in [0.5, 0.6) is 11.5 Å². The highest BCUT2D eigenvalue weighted by atomic mass is 19.4. The number of hydrogen-bond acceptors (Lipinski definition) is 5. The molecule has 11 heteroatoms. The Balaban J connectivity index is 2.05. The van der Waals surface area contributed by atoms with Crippen LogP contribution in [0.15, 0.2) is 55.1 Å². The molecule has 0 spiro atoms. The molecule has 2 aromatic rings. The quantitative estimate of drug-likeness (QED) is 0.159. The summed E-state index contributed by atoms with van der Waals surface area (Å²) in [7, 11) is 0. The van der Waals surface area contributed by atoms with Gasteiger partial charge in [-0.05, 0) is 54.8 Å². The van der Waals surface area contributed by atoms with Gasteiger partial charge in [-0.25, -0.2) is 4.79 Å². The highest BCUT2D eigenvalue weighted by Gasteiger charge is 2.68. The average Bonchev–Trinajstić information content (AvgIpc) is 2.73. The summed E-state index contributed by atoms with van der Waals surface area (Å²) in [6, 6.07) is 7.65. The lowest BCUT2D eigenvalue weighted by Gasteiger charge is -2.34. The molecule has 0 saturated heterocycles. The molecule has 0 radical (unpaired) electrons. The number of esters is 2. The first-order valence-electron chi connectivity index (χ1n) is 9.65. The van der Waals surface area contributed by atoms with E-state index in [0.717, 1.165) is 18.2 Å². The van der Waals surface area contributed by atoms with Crippen LogP contribution >= 0.6 is 0 Å². The zero-order valence-electron chi connectivity index (χ0n) is 18.0. The van der Waals surface area contributed by atoms with Crippen LogP contribution in [0.4, 0.5) is 26.3 Å². The summed E-state index contributed by atoms with van der Waals surface area (Å²) in [5.74, 6) is -1.29. The zero-order chi connectivity index (χ0) is 25.7. The Morgan fingerprint density at radius 1 is 0.941 bits per heavy atom. The van der Waals surface area contributed by atoms with Crippen molar-refractivity contribution in [1.82, 2.24) is 0 Å². The van der Waals surface area contributed by atoms with Crippen LogP contribution in [0, 0.1) is 6.92 Å². The molecule has 184 valence electrons. The standard InChI is InChI=1S/C23H20F6O5/c1-4-19(30)33-13-32-18-8-5-15(14(2)11-18)12-20(31)34-17-9-6-16(7-10-17)21(3,22(24,25)26)23(27,28)29/h4-11H,1,12-13H2,2-3H3. The Labute approximate surface area is 190 Å². The van der Waals surface area contributed by atoms with E-state index >= 15 is 0 Å². The Morgan fingerprint density at radius 2 is 1.50 bits per heavy atom. The van der Waals surface area contributed by atoms with Crippen molar-refractivity contribution in [3.05, 3.63) is 71.8 Å². The van der Waals surface area contributed by atoms with Crippen LogP contribution in [-0.4, -0.2) is 31.1 Å². The van der Waals surface area contributed by atoms with Gasteiger partial charge in [0.1, 0.15) is 11.5 Å². The van der Waals surface area contributed by atoms with Crippen molar-refractivity contribution in [1.29, 1.82) is 0 Å². The molecule has 5 nitrogen and oxygen atoms in total. The van der Waals surface area contributed by atoms with Gasteiger partial charge in [0.15, 0.2) is 5.41 Å². The van der Waals surface area contributed by atoms with E-state index in [4.69, 9.17) is 9.47 Å². The maximum Gasteiger partial charge on any atom is 0.406 e. The second kappa shape index (κ2) is 10.2. The molecule has 0 heterocycles. The van der Waals surface area contributed by atoms with E-state index in [1.54, 1.807) is 19.1 Å². The molecule has 0 fully saturated rings. The summed E-state index contributed by atoms with van der Waals surface area (Å²) >= 11 is 0. The van der Waals surface area contributed by atoms with E-state index in [2.05, 4.69) is 11.3 Å². The van der Waals surface area contributed by atoms with E-state index in [0.29, 0.717) is 29.0 Å². The number of carbonyl (C=O) groups excluding carboxylic acids is 2. The minimum absolute atomic E-state index is 0.0492. The fourth-order valence-corrected chi connectivity index (χ4v) is 2.84. The number of alkyl halides is 6. The van der Waals surface area contributed by atoms with Crippen molar-refractivity contribution in [2.75, 3.05) is 6.79 Å². The van der Waals surface area contributed by atoms with Gasteiger partial charge >= 0.3 is 24.3 Å². The lowest BCUT2D eigenvalue weighted by Crippen LogP contribution is -2.51. The summed E-state index contributed by atoms with van der Waals surface area (Å²) < 4.78 is 94.1. The number of ether oxygens (including phenoxy) is 3. The fraction of sp³-hybridized carbons (Fsp3) is 0.304. The molecule has 0 amide bonds. The molecule has 0 N–H and O–H groups in total. The summed E-state index contributed by atoms with van der Waals surface area (Å²) in [6.45, 7) is 4.62. The molecule has 0 unspecified atom stereocenters. The zero-order valence-corrected chi connectivity index (χ0v) is 18.0. The molecule has 0 aromatic heterocycles. The molecule has 34 heavy (non-hydrogen) atoms. The van der Waals surface area contributed by atoms with Crippen LogP contribution in [0.25, 0.3) is 0 Å². The summed E-state index contributed by atoms with van der Waals surface area (Å²) in [4.78, 5) is 23.2. The van der Waals surface area contributed by atoms with E-state index in [1.807, 2.05) is 0 Å². The average molecular weight is 490 g/mol. The van der Waals surface area contributed by atoms with Gasteiger partial charge in [-0.3, -0.25) is 4.79 Å². The highest BCUT2D eigenvalue weighted by Crippen LogP contribution is 2.51. The highest BCUT2D eigenvalue weighted by molar-refractivity contribution is 5.81. The molecular formula is C23H20F6O5. The molecule has 0 aliphatic heterocycles. The Bertz CT molecular complexity index is 1030. The molecule has 0 aliphatic rings. The van der Waals surface area contributed by atoms with Crippen molar-refractivity contribution >= 4 is 11.9 Å². The van der Waals surface area contributed by atoms with E-state index in [-0.39, 0.29) is 25.9 Å². The van der Waals surface area contributed by atoms with Crippen LogP contribution in [-0.2, 0) is 26.2 Å². The predicted octanol–water partition coefficient (Wildman–Crippen LogP) is 5.59. The molecule has 0 bridgehead atoms. The maximum atomic E-state index is 13.2. The lowest BCUT2D eigenvalue weighted by molar-refractivity contribution is -0.297. The van der Waals surface area contributed by atoms with E-state index in [1.165, 1.54) is 6.07 Å². The fourth-order valence-electron chi connectivity index (χ4n) is 2.84. The minimum atomic E-state index is -5.58. The lowest BCUT2D eigenvalue weighted by atomic mass is 9.81. The molecule has 2 rings (SSSR count). The molecule has 0 saturated carbocycles. The molecule has 2 aromatic carbocycles. The predicted molar refractivity (Wildman–Crippen MR) is 108 cm³/mol. The molecular weight excluding hydrogens is 470 g/mol. The van der Waals surface area contributed by atoms with E-state index in [9.17, 15) is 35.9 Å². The van der Waals surface area contributed by atoms with Crippen molar-refractivity contribution in [3.63, 3.8) is 0 Å². The third-order valence-corrected chi connectivity index (χ3v) is 5.04. The van der Waals surface area contributed by atoms with Gasteiger partial charge < -0.3 is 14.2 Å². The SMILES string of the molecule is C=CC(=O)OCOc1ccc(CC(=O)Oc2ccc(C(C)(C(F)(F)F)C(F)(F)F)cc2)c(C)c1. The van der Waals surface area contributed by atoms with Gasteiger partial charge in [0, 0.05) is 6.08 Å². The topological polar surface area (TPSA) is 61.8 Å². The smallest absolute Gasteiger partial charge is 0.406 e.